The highest BCUT2D eigenvalue weighted by Crippen LogP contribution is 2.34. The Bertz CT molecular complexity index is 496. The first-order valence-corrected chi connectivity index (χ1v) is 5.06. The lowest BCUT2D eigenvalue weighted by Gasteiger charge is -2.10. The first-order chi connectivity index (χ1) is 8.65. The molecule has 0 atom stereocenters. The van der Waals surface area contributed by atoms with Crippen LogP contribution >= 0.6 is 0 Å². The van der Waals surface area contributed by atoms with Crippen LogP contribution in [0, 0.1) is 11.8 Å². The number of ether oxygens (including phenoxy) is 4. The van der Waals surface area contributed by atoms with Gasteiger partial charge >= 0.3 is 5.97 Å². The van der Waals surface area contributed by atoms with E-state index in [1.165, 1.54) is 28.4 Å². The summed E-state index contributed by atoms with van der Waals surface area (Å²) in [5.41, 5.74) is 0.514. The van der Waals surface area contributed by atoms with Crippen molar-refractivity contribution in [1.29, 1.82) is 0 Å². The zero-order valence-electron chi connectivity index (χ0n) is 10.7. The van der Waals surface area contributed by atoms with Gasteiger partial charge in [-0.2, -0.15) is 0 Å². The van der Waals surface area contributed by atoms with E-state index in [9.17, 15) is 4.79 Å². The Labute approximate surface area is 106 Å². The molecule has 0 aliphatic carbocycles. The zero-order valence-corrected chi connectivity index (χ0v) is 10.7. The molecule has 0 saturated heterocycles. The second-order valence-electron chi connectivity index (χ2n) is 3.15. The minimum Gasteiger partial charge on any atom is -0.495 e. The van der Waals surface area contributed by atoms with Crippen LogP contribution in [0.3, 0.4) is 0 Å². The van der Waals surface area contributed by atoms with E-state index in [1.807, 2.05) is 0 Å². The van der Waals surface area contributed by atoms with Crippen LogP contribution in [0.1, 0.15) is 5.56 Å². The van der Waals surface area contributed by atoms with E-state index in [0.29, 0.717) is 22.8 Å². The van der Waals surface area contributed by atoms with Crippen LogP contribution in [0.15, 0.2) is 12.1 Å². The zero-order chi connectivity index (χ0) is 13.5. The molecule has 0 aromatic heterocycles. The van der Waals surface area contributed by atoms with E-state index in [0.717, 1.165) is 0 Å². The minimum atomic E-state index is -0.619. The van der Waals surface area contributed by atoms with Gasteiger partial charge in [0.25, 0.3) is 0 Å². The van der Waals surface area contributed by atoms with Crippen molar-refractivity contribution in [3.63, 3.8) is 0 Å². The third-order valence-corrected chi connectivity index (χ3v) is 2.19. The van der Waals surface area contributed by atoms with Crippen LogP contribution < -0.4 is 14.2 Å². The molecule has 0 fully saturated rings. The van der Waals surface area contributed by atoms with Crippen molar-refractivity contribution in [3.8, 4) is 29.1 Å². The van der Waals surface area contributed by atoms with Gasteiger partial charge in [0.05, 0.1) is 34.0 Å². The molecule has 0 aliphatic heterocycles. The Morgan fingerprint density at radius 1 is 0.944 bits per heavy atom. The van der Waals surface area contributed by atoms with Crippen LogP contribution in [-0.4, -0.2) is 34.4 Å². The fraction of sp³-hybridized carbons (Fsp3) is 0.308. The molecule has 5 nitrogen and oxygen atoms in total. The number of methoxy groups -OCH3 is 4. The van der Waals surface area contributed by atoms with E-state index in [2.05, 4.69) is 16.6 Å². The second kappa shape index (κ2) is 6.40. The summed E-state index contributed by atoms with van der Waals surface area (Å²) in [6, 6.07) is 3.27. The van der Waals surface area contributed by atoms with E-state index in [-0.39, 0.29) is 0 Å². The molecule has 5 heteroatoms. The third-order valence-electron chi connectivity index (χ3n) is 2.19. The first kappa shape index (κ1) is 13.7. The van der Waals surface area contributed by atoms with Gasteiger partial charge in [-0.05, 0) is 0 Å². The van der Waals surface area contributed by atoms with Crippen molar-refractivity contribution in [3.05, 3.63) is 17.7 Å². The van der Waals surface area contributed by atoms with Crippen molar-refractivity contribution in [1.82, 2.24) is 0 Å². The molecule has 0 spiro atoms. The predicted octanol–water partition coefficient (Wildman–Crippen LogP) is 1.24. The number of benzene rings is 1. The molecule has 0 radical (unpaired) electrons. The Morgan fingerprint density at radius 3 is 2.00 bits per heavy atom. The summed E-state index contributed by atoms with van der Waals surface area (Å²) in [6.45, 7) is 0. The SMILES string of the molecule is COC(=O)C#Cc1cc(OC)c(OC)cc1OC. The van der Waals surface area contributed by atoms with Crippen LogP contribution in [0.2, 0.25) is 0 Å². The van der Waals surface area contributed by atoms with E-state index in [1.54, 1.807) is 12.1 Å². The monoisotopic (exact) mass is 250 g/mol. The first-order valence-electron chi connectivity index (χ1n) is 5.06. The fourth-order valence-electron chi connectivity index (χ4n) is 1.30. The van der Waals surface area contributed by atoms with Gasteiger partial charge in [0.2, 0.25) is 0 Å². The smallest absolute Gasteiger partial charge is 0.384 e. The van der Waals surface area contributed by atoms with Crippen molar-refractivity contribution >= 4 is 5.97 Å². The average Bonchev–Trinajstić information content (AvgIpc) is 2.43. The quantitative estimate of drug-likeness (QED) is 0.596. The fourth-order valence-corrected chi connectivity index (χ4v) is 1.30. The van der Waals surface area contributed by atoms with Gasteiger partial charge in [0.1, 0.15) is 5.75 Å². The number of rotatable bonds is 3. The van der Waals surface area contributed by atoms with Gasteiger partial charge < -0.3 is 18.9 Å². The molecule has 1 rings (SSSR count). The van der Waals surface area contributed by atoms with Crippen molar-refractivity contribution in [2.24, 2.45) is 0 Å². The highest BCUT2D eigenvalue weighted by Gasteiger charge is 2.10. The topological polar surface area (TPSA) is 54.0 Å². The lowest BCUT2D eigenvalue weighted by atomic mass is 10.1. The Balaban J connectivity index is 3.24. The molecule has 0 N–H and O–H groups in total. The average molecular weight is 250 g/mol. The molecule has 0 heterocycles. The molecule has 1 aromatic carbocycles. The van der Waals surface area contributed by atoms with Crippen molar-refractivity contribution < 1.29 is 23.7 Å². The summed E-state index contributed by atoms with van der Waals surface area (Å²) in [5, 5.41) is 0. The molecule has 96 valence electrons. The Kier molecular flexibility index (Phi) is 4.88. The summed E-state index contributed by atoms with van der Waals surface area (Å²) >= 11 is 0. The normalized spacial score (nSPS) is 8.89. The summed E-state index contributed by atoms with van der Waals surface area (Å²) in [7, 11) is 5.81. The highest BCUT2D eigenvalue weighted by atomic mass is 16.5. The van der Waals surface area contributed by atoms with Crippen LogP contribution in [0.4, 0.5) is 0 Å². The third kappa shape index (κ3) is 3.08. The molecule has 0 unspecified atom stereocenters. The largest absolute Gasteiger partial charge is 0.495 e. The second-order valence-corrected chi connectivity index (χ2v) is 3.15. The van der Waals surface area contributed by atoms with Crippen LogP contribution in [0.25, 0.3) is 0 Å². The molecular weight excluding hydrogens is 236 g/mol. The van der Waals surface area contributed by atoms with Gasteiger partial charge in [0.15, 0.2) is 11.5 Å². The van der Waals surface area contributed by atoms with Gasteiger partial charge in [-0.25, -0.2) is 4.79 Å². The maximum Gasteiger partial charge on any atom is 0.384 e. The number of hydrogen-bond donors (Lipinski definition) is 0. The van der Waals surface area contributed by atoms with Gasteiger partial charge in [-0.15, -0.1) is 0 Å². The van der Waals surface area contributed by atoms with Crippen LogP contribution in [0.5, 0.6) is 17.2 Å². The molecule has 0 aliphatic rings. The predicted molar refractivity (Wildman–Crippen MR) is 65.0 cm³/mol. The maximum absolute atomic E-state index is 11.0. The van der Waals surface area contributed by atoms with Gasteiger partial charge in [-0.3, -0.25) is 0 Å². The number of carbonyl (C=O) groups is 1. The molecule has 0 saturated carbocycles. The molecule has 1 aromatic rings. The summed E-state index contributed by atoms with van der Waals surface area (Å²) < 4.78 is 19.9. The Hall–Kier alpha value is -2.35. The number of hydrogen-bond acceptors (Lipinski definition) is 5. The molecule has 0 amide bonds. The summed E-state index contributed by atoms with van der Waals surface area (Å²) in [4.78, 5) is 11.0. The highest BCUT2D eigenvalue weighted by molar-refractivity contribution is 5.89. The van der Waals surface area contributed by atoms with Crippen molar-refractivity contribution in [2.75, 3.05) is 28.4 Å². The van der Waals surface area contributed by atoms with Gasteiger partial charge in [0, 0.05) is 18.1 Å². The van der Waals surface area contributed by atoms with Gasteiger partial charge in [-0.1, -0.05) is 5.92 Å². The van der Waals surface area contributed by atoms with E-state index in [4.69, 9.17) is 14.2 Å². The number of esters is 1. The van der Waals surface area contributed by atoms with Crippen LogP contribution in [-0.2, 0) is 9.53 Å². The summed E-state index contributed by atoms with van der Waals surface area (Å²) in [5.74, 6) is 5.88. The van der Waals surface area contributed by atoms with E-state index < -0.39 is 5.97 Å². The Morgan fingerprint density at radius 2 is 1.50 bits per heavy atom. The molecular formula is C13H14O5. The van der Waals surface area contributed by atoms with Crippen molar-refractivity contribution in [2.45, 2.75) is 0 Å². The number of carbonyl (C=O) groups excluding carboxylic acids is 1. The maximum atomic E-state index is 11.0. The summed E-state index contributed by atoms with van der Waals surface area (Å²) in [6.07, 6.45) is 0. The lowest BCUT2D eigenvalue weighted by molar-refractivity contribution is -0.133. The standard InChI is InChI=1S/C13H14O5/c1-15-10-8-12(17-3)11(16-2)7-9(10)5-6-13(14)18-4/h7-8H,1-4H3. The lowest BCUT2D eigenvalue weighted by Crippen LogP contribution is -1.97. The van der Waals surface area contributed by atoms with E-state index >= 15 is 0 Å². The molecule has 0 bridgehead atoms. The molecule has 18 heavy (non-hydrogen) atoms. The minimum absolute atomic E-state index is 0.490.